The second kappa shape index (κ2) is 5.98. The molecule has 0 unspecified atom stereocenters. The smallest absolute Gasteiger partial charge is 0.255 e. The highest BCUT2D eigenvalue weighted by atomic mass is 16.2. The normalized spacial score (nSPS) is 17.6. The van der Waals surface area contributed by atoms with Gasteiger partial charge in [-0.15, -0.1) is 10.2 Å². The number of fused-ring (bicyclic) bond motifs is 1. The first kappa shape index (κ1) is 15.8. The Morgan fingerprint density at radius 2 is 2.08 bits per heavy atom. The third-order valence-electron chi connectivity index (χ3n) is 4.94. The van der Waals surface area contributed by atoms with Crippen molar-refractivity contribution in [3.8, 4) is 0 Å². The van der Waals surface area contributed by atoms with Crippen LogP contribution in [0.4, 0.5) is 0 Å². The maximum absolute atomic E-state index is 13.1. The minimum absolute atomic E-state index is 0.0685. The van der Waals surface area contributed by atoms with E-state index in [1.807, 2.05) is 46.2 Å². The molecule has 1 atom stereocenters. The number of carbonyl (C=O) groups excluding carboxylic acids is 1. The van der Waals surface area contributed by atoms with E-state index in [-0.39, 0.29) is 11.9 Å². The second-order valence-corrected chi connectivity index (χ2v) is 6.80. The summed E-state index contributed by atoms with van der Waals surface area (Å²) in [6.07, 6.45) is 3.88. The van der Waals surface area contributed by atoms with E-state index in [9.17, 15) is 4.79 Å². The zero-order valence-corrected chi connectivity index (χ0v) is 14.8. The molecule has 0 spiro atoms. The van der Waals surface area contributed by atoms with E-state index in [2.05, 4.69) is 28.3 Å². The highest BCUT2D eigenvalue weighted by molar-refractivity contribution is 5.94. The number of carbonyl (C=O) groups is 1. The van der Waals surface area contributed by atoms with Gasteiger partial charge in [0.15, 0.2) is 5.65 Å². The van der Waals surface area contributed by atoms with Gasteiger partial charge in [-0.25, -0.2) is 0 Å². The van der Waals surface area contributed by atoms with Crippen LogP contribution in [0, 0.1) is 20.8 Å². The lowest BCUT2D eigenvalue weighted by molar-refractivity contribution is 0.0720. The van der Waals surface area contributed by atoms with E-state index in [4.69, 9.17) is 0 Å². The van der Waals surface area contributed by atoms with Gasteiger partial charge < -0.3 is 4.90 Å². The van der Waals surface area contributed by atoms with Gasteiger partial charge in [0.25, 0.3) is 5.91 Å². The highest BCUT2D eigenvalue weighted by Crippen LogP contribution is 2.22. The summed E-state index contributed by atoms with van der Waals surface area (Å²) in [5.74, 6) is 0.851. The predicted octanol–water partition coefficient (Wildman–Crippen LogP) is 2.16. The number of likely N-dealkylation sites (tertiary alicyclic amines) is 1. The summed E-state index contributed by atoms with van der Waals surface area (Å²) < 4.78 is 3.87. The van der Waals surface area contributed by atoms with Crippen LogP contribution in [0.15, 0.2) is 24.4 Å². The summed E-state index contributed by atoms with van der Waals surface area (Å²) in [5, 5.41) is 12.7. The van der Waals surface area contributed by atoms with Crippen LogP contribution in [-0.2, 0) is 6.54 Å². The summed E-state index contributed by atoms with van der Waals surface area (Å²) in [6.45, 7) is 7.48. The molecule has 7 heteroatoms. The van der Waals surface area contributed by atoms with Gasteiger partial charge in [0.2, 0.25) is 0 Å². The molecular weight excluding hydrogens is 316 g/mol. The van der Waals surface area contributed by atoms with Crippen LogP contribution in [0.5, 0.6) is 0 Å². The van der Waals surface area contributed by atoms with Crippen LogP contribution < -0.4 is 0 Å². The molecule has 3 aromatic heterocycles. The molecule has 1 saturated heterocycles. The number of hydrogen-bond acceptors (Lipinski definition) is 4. The van der Waals surface area contributed by atoms with E-state index >= 15 is 0 Å². The van der Waals surface area contributed by atoms with Crippen molar-refractivity contribution in [1.29, 1.82) is 0 Å². The molecule has 25 heavy (non-hydrogen) atoms. The van der Waals surface area contributed by atoms with E-state index in [0.717, 1.165) is 48.8 Å². The van der Waals surface area contributed by atoms with Gasteiger partial charge in [0, 0.05) is 18.4 Å². The summed E-state index contributed by atoms with van der Waals surface area (Å²) in [6, 6.07) is 5.94. The van der Waals surface area contributed by atoms with Gasteiger partial charge in [-0.1, -0.05) is 0 Å². The fourth-order valence-electron chi connectivity index (χ4n) is 3.65. The zero-order valence-electron chi connectivity index (χ0n) is 14.8. The summed E-state index contributed by atoms with van der Waals surface area (Å²) in [7, 11) is 0. The Kier molecular flexibility index (Phi) is 3.78. The van der Waals surface area contributed by atoms with E-state index < -0.39 is 0 Å². The van der Waals surface area contributed by atoms with Crippen LogP contribution in [-0.4, -0.2) is 47.8 Å². The van der Waals surface area contributed by atoms with Crippen LogP contribution in [0.25, 0.3) is 5.65 Å². The van der Waals surface area contributed by atoms with Crippen molar-refractivity contribution in [3.05, 3.63) is 47.2 Å². The fourth-order valence-corrected chi connectivity index (χ4v) is 3.65. The Balaban J connectivity index is 1.59. The number of aryl methyl sites for hydroxylation is 3. The molecule has 1 aliphatic rings. The molecule has 7 nitrogen and oxygen atoms in total. The molecule has 0 aliphatic carbocycles. The molecule has 4 heterocycles. The molecule has 0 saturated carbocycles. The Labute approximate surface area is 146 Å². The van der Waals surface area contributed by atoms with Crippen molar-refractivity contribution in [1.82, 2.24) is 29.3 Å². The Morgan fingerprint density at radius 1 is 1.24 bits per heavy atom. The number of pyridine rings is 1. The average Bonchev–Trinajstić information content (AvgIpc) is 3.28. The van der Waals surface area contributed by atoms with E-state index in [1.54, 1.807) is 0 Å². The van der Waals surface area contributed by atoms with Gasteiger partial charge in [0.1, 0.15) is 5.82 Å². The van der Waals surface area contributed by atoms with Crippen LogP contribution in [0.3, 0.4) is 0 Å². The maximum Gasteiger partial charge on any atom is 0.255 e. The molecule has 3 aromatic rings. The standard InChI is InChI=1S/C18H22N6O/c1-12-9-13(2)24(21-12)11-16-5-4-8-22(16)18(25)15-6-7-17-20-19-14(3)23(17)10-15/h6-7,9-10,16H,4-5,8,11H2,1-3H3/t16-/m1/s1. The van der Waals surface area contributed by atoms with Crippen molar-refractivity contribution >= 4 is 11.6 Å². The fraction of sp³-hybridized carbons (Fsp3) is 0.444. The Morgan fingerprint density at radius 3 is 2.84 bits per heavy atom. The van der Waals surface area contributed by atoms with Crippen LogP contribution in [0.1, 0.15) is 40.4 Å². The predicted molar refractivity (Wildman–Crippen MR) is 93.5 cm³/mol. The maximum atomic E-state index is 13.1. The van der Waals surface area contributed by atoms with Gasteiger partial charge in [-0.2, -0.15) is 5.10 Å². The number of rotatable bonds is 3. The number of hydrogen-bond donors (Lipinski definition) is 0. The first-order chi connectivity index (χ1) is 12.0. The van der Waals surface area contributed by atoms with Crippen molar-refractivity contribution in [2.75, 3.05) is 6.54 Å². The van der Waals surface area contributed by atoms with Gasteiger partial charge in [-0.05, 0) is 51.8 Å². The number of amides is 1. The zero-order chi connectivity index (χ0) is 17.6. The van der Waals surface area contributed by atoms with Crippen molar-refractivity contribution in [2.24, 2.45) is 0 Å². The Hall–Kier alpha value is -2.70. The summed E-state index contributed by atoms with van der Waals surface area (Å²) >= 11 is 0. The first-order valence-corrected chi connectivity index (χ1v) is 8.66. The lowest BCUT2D eigenvalue weighted by Crippen LogP contribution is -2.38. The molecule has 1 fully saturated rings. The lowest BCUT2D eigenvalue weighted by atomic mass is 10.2. The monoisotopic (exact) mass is 338 g/mol. The lowest BCUT2D eigenvalue weighted by Gasteiger charge is -2.25. The molecule has 0 bridgehead atoms. The molecule has 4 rings (SSSR count). The highest BCUT2D eigenvalue weighted by Gasteiger charge is 2.30. The SMILES string of the molecule is Cc1cc(C)n(C[C@H]2CCCN2C(=O)c2ccc3nnc(C)n3c2)n1. The van der Waals surface area contributed by atoms with E-state index in [0.29, 0.717) is 5.56 Å². The van der Waals surface area contributed by atoms with Crippen molar-refractivity contribution < 1.29 is 4.79 Å². The largest absolute Gasteiger partial charge is 0.334 e. The molecule has 0 radical (unpaired) electrons. The summed E-state index contributed by atoms with van der Waals surface area (Å²) in [4.78, 5) is 15.0. The first-order valence-electron chi connectivity index (χ1n) is 8.66. The third-order valence-corrected chi connectivity index (χ3v) is 4.94. The topological polar surface area (TPSA) is 68.3 Å². The molecule has 130 valence electrons. The third kappa shape index (κ3) is 2.79. The molecule has 1 amide bonds. The average molecular weight is 338 g/mol. The molecule has 0 N–H and O–H groups in total. The minimum Gasteiger partial charge on any atom is -0.334 e. The minimum atomic E-state index is 0.0685. The quantitative estimate of drug-likeness (QED) is 0.734. The van der Waals surface area contributed by atoms with Crippen LogP contribution in [0.2, 0.25) is 0 Å². The molecular formula is C18H22N6O. The molecule has 1 aliphatic heterocycles. The Bertz CT molecular complexity index is 940. The van der Waals surface area contributed by atoms with Gasteiger partial charge in [-0.3, -0.25) is 13.9 Å². The van der Waals surface area contributed by atoms with Crippen molar-refractivity contribution in [2.45, 2.75) is 46.2 Å². The summed E-state index contributed by atoms with van der Waals surface area (Å²) in [5.41, 5.74) is 3.59. The molecule has 0 aromatic carbocycles. The number of aromatic nitrogens is 5. The van der Waals surface area contributed by atoms with Gasteiger partial charge in [0.05, 0.1) is 23.8 Å². The van der Waals surface area contributed by atoms with Gasteiger partial charge >= 0.3 is 0 Å². The number of nitrogens with zero attached hydrogens (tertiary/aromatic N) is 6. The van der Waals surface area contributed by atoms with E-state index in [1.165, 1.54) is 0 Å². The van der Waals surface area contributed by atoms with Crippen molar-refractivity contribution in [3.63, 3.8) is 0 Å². The second-order valence-electron chi connectivity index (χ2n) is 6.80. The van der Waals surface area contributed by atoms with Crippen LogP contribution >= 0.6 is 0 Å².